The third-order valence-corrected chi connectivity index (χ3v) is 7.50. The van der Waals surface area contributed by atoms with Gasteiger partial charge < -0.3 is 4.90 Å². The second-order valence-corrected chi connectivity index (χ2v) is 10.1. The van der Waals surface area contributed by atoms with Gasteiger partial charge >= 0.3 is 0 Å². The van der Waals surface area contributed by atoms with Crippen molar-refractivity contribution in [3.63, 3.8) is 0 Å². The minimum atomic E-state index is -3.91. The highest BCUT2D eigenvalue weighted by Gasteiger charge is 2.42. The van der Waals surface area contributed by atoms with E-state index in [2.05, 4.69) is 4.90 Å². The van der Waals surface area contributed by atoms with Gasteiger partial charge in [-0.1, -0.05) is 109 Å². The van der Waals surface area contributed by atoms with Gasteiger partial charge in [0.15, 0.2) is 12.0 Å². The van der Waals surface area contributed by atoms with Crippen LogP contribution in [0.3, 0.4) is 0 Å². The zero-order valence-electron chi connectivity index (χ0n) is 18.8. The monoisotopic (exact) mass is 467 g/mol. The molecule has 34 heavy (non-hydrogen) atoms. The van der Waals surface area contributed by atoms with Gasteiger partial charge in [-0.05, 0) is 30.2 Å². The second-order valence-electron chi connectivity index (χ2n) is 8.28. The van der Waals surface area contributed by atoms with Gasteiger partial charge in [0.05, 0.1) is 4.90 Å². The lowest BCUT2D eigenvalue weighted by molar-refractivity contribution is 0.208. The highest BCUT2D eigenvalue weighted by molar-refractivity contribution is 7.89. The highest BCUT2D eigenvalue weighted by Crippen LogP contribution is 2.38. The fourth-order valence-electron chi connectivity index (χ4n) is 4.13. The van der Waals surface area contributed by atoms with Crippen molar-refractivity contribution in [3.05, 3.63) is 138 Å². The van der Waals surface area contributed by atoms with E-state index < -0.39 is 16.2 Å². The third kappa shape index (κ3) is 4.20. The highest BCUT2D eigenvalue weighted by atomic mass is 32.2. The van der Waals surface area contributed by atoms with Gasteiger partial charge in [0.1, 0.15) is 0 Å². The van der Waals surface area contributed by atoms with Crippen molar-refractivity contribution in [2.24, 2.45) is 5.10 Å². The largest absolute Gasteiger partial charge is 0.324 e. The molecule has 0 amide bonds. The summed E-state index contributed by atoms with van der Waals surface area (Å²) >= 11 is 0. The molecule has 1 unspecified atom stereocenters. The Morgan fingerprint density at radius 1 is 0.735 bits per heavy atom. The Hall–Kier alpha value is -3.90. The molecule has 0 N–H and O–H groups in total. The Labute approximate surface area is 200 Å². The molecule has 1 aliphatic rings. The molecule has 0 aliphatic carbocycles. The first kappa shape index (κ1) is 21.9. The van der Waals surface area contributed by atoms with Gasteiger partial charge in [0.2, 0.25) is 0 Å². The van der Waals surface area contributed by atoms with Crippen LogP contribution in [-0.2, 0) is 16.6 Å². The van der Waals surface area contributed by atoms with E-state index in [0.717, 1.165) is 22.3 Å². The molecular weight excluding hydrogens is 442 g/mol. The number of benzene rings is 4. The van der Waals surface area contributed by atoms with Crippen molar-refractivity contribution < 1.29 is 8.42 Å². The summed E-state index contributed by atoms with van der Waals surface area (Å²) in [6.45, 7) is 2.44. The molecule has 5 rings (SSSR count). The van der Waals surface area contributed by atoms with E-state index in [1.807, 2.05) is 110 Å². The zero-order valence-corrected chi connectivity index (χ0v) is 19.6. The Kier molecular flexibility index (Phi) is 5.90. The summed E-state index contributed by atoms with van der Waals surface area (Å²) in [5, 5.41) is 4.75. The zero-order chi connectivity index (χ0) is 23.5. The maximum absolute atomic E-state index is 13.9. The average molecular weight is 468 g/mol. The van der Waals surface area contributed by atoms with Gasteiger partial charge in [-0.15, -0.1) is 5.10 Å². The van der Waals surface area contributed by atoms with Gasteiger partial charge in [0.25, 0.3) is 10.0 Å². The Morgan fingerprint density at radius 3 is 1.91 bits per heavy atom. The molecule has 0 saturated heterocycles. The Morgan fingerprint density at radius 2 is 1.29 bits per heavy atom. The molecule has 0 fully saturated rings. The SMILES string of the molecule is Cc1ccc(S(=O)(=O)N2N=C(c3ccccc3)N(Cc3ccccc3)C2c2ccccc2)cc1. The number of aryl methyl sites for hydroxylation is 1. The summed E-state index contributed by atoms with van der Waals surface area (Å²) in [6.07, 6.45) is -0.622. The number of hydrogen-bond acceptors (Lipinski definition) is 4. The van der Waals surface area contributed by atoms with Crippen molar-refractivity contribution in [1.29, 1.82) is 0 Å². The maximum atomic E-state index is 13.9. The number of rotatable bonds is 6. The lowest BCUT2D eigenvalue weighted by atomic mass is 10.1. The molecule has 4 aromatic carbocycles. The van der Waals surface area contributed by atoms with E-state index in [1.54, 1.807) is 12.1 Å². The van der Waals surface area contributed by atoms with Crippen LogP contribution in [0.15, 0.2) is 125 Å². The molecular formula is C28H25N3O2S. The number of amidine groups is 1. The molecule has 0 aromatic heterocycles. The smallest absolute Gasteiger partial charge is 0.281 e. The van der Waals surface area contributed by atoms with Crippen LogP contribution < -0.4 is 0 Å². The van der Waals surface area contributed by atoms with E-state index in [9.17, 15) is 8.42 Å². The Bertz CT molecular complexity index is 1390. The van der Waals surface area contributed by atoms with Crippen molar-refractivity contribution >= 4 is 15.9 Å². The van der Waals surface area contributed by atoms with Crippen LogP contribution in [-0.4, -0.2) is 23.6 Å². The van der Waals surface area contributed by atoms with Crippen molar-refractivity contribution in [2.45, 2.75) is 24.5 Å². The lowest BCUT2D eigenvalue weighted by Gasteiger charge is -2.32. The molecule has 0 spiro atoms. The van der Waals surface area contributed by atoms with Crippen LogP contribution in [0.2, 0.25) is 0 Å². The fraction of sp³-hybridized carbons (Fsp3) is 0.107. The first-order chi connectivity index (χ1) is 16.5. The van der Waals surface area contributed by atoms with Crippen LogP contribution in [0.1, 0.15) is 28.4 Å². The molecule has 0 radical (unpaired) electrons. The number of nitrogens with zero attached hydrogens (tertiary/aromatic N) is 3. The minimum absolute atomic E-state index is 0.219. The minimum Gasteiger partial charge on any atom is -0.324 e. The quantitative estimate of drug-likeness (QED) is 0.373. The lowest BCUT2D eigenvalue weighted by Crippen LogP contribution is -2.37. The van der Waals surface area contributed by atoms with Crippen LogP contribution in [0.4, 0.5) is 0 Å². The molecule has 5 nitrogen and oxygen atoms in total. The number of hydrazone groups is 1. The van der Waals surface area contributed by atoms with E-state index in [4.69, 9.17) is 5.10 Å². The predicted molar refractivity (Wildman–Crippen MR) is 134 cm³/mol. The van der Waals surface area contributed by atoms with Crippen LogP contribution in [0.25, 0.3) is 0 Å². The predicted octanol–water partition coefficient (Wildman–Crippen LogP) is 5.56. The van der Waals surface area contributed by atoms with E-state index in [-0.39, 0.29) is 4.90 Å². The average Bonchev–Trinajstić information content (AvgIpc) is 3.26. The van der Waals surface area contributed by atoms with E-state index >= 15 is 0 Å². The summed E-state index contributed by atoms with van der Waals surface area (Å²) < 4.78 is 29.1. The summed E-state index contributed by atoms with van der Waals surface area (Å²) in [6, 6.07) is 36.4. The molecule has 1 aliphatic heterocycles. The second kappa shape index (κ2) is 9.15. The van der Waals surface area contributed by atoms with E-state index in [1.165, 1.54) is 4.41 Å². The van der Waals surface area contributed by atoms with Gasteiger partial charge in [-0.3, -0.25) is 0 Å². The fourth-order valence-corrected chi connectivity index (χ4v) is 5.51. The van der Waals surface area contributed by atoms with Crippen LogP contribution >= 0.6 is 0 Å². The van der Waals surface area contributed by atoms with Crippen LogP contribution in [0.5, 0.6) is 0 Å². The first-order valence-corrected chi connectivity index (χ1v) is 12.6. The molecule has 4 aromatic rings. The van der Waals surface area contributed by atoms with Crippen molar-refractivity contribution in [1.82, 2.24) is 9.31 Å². The third-order valence-electron chi connectivity index (χ3n) is 5.86. The molecule has 1 heterocycles. The summed E-state index contributed by atoms with van der Waals surface area (Å²) in [4.78, 5) is 2.28. The number of sulfonamides is 1. The molecule has 170 valence electrons. The normalized spacial score (nSPS) is 15.9. The maximum Gasteiger partial charge on any atom is 0.281 e. The summed E-state index contributed by atoms with van der Waals surface area (Å²) in [7, 11) is -3.91. The molecule has 0 bridgehead atoms. The number of hydrogen-bond donors (Lipinski definition) is 0. The van der Waals surface area contributed by atoms with Gasteiger partial charge in [0, 0.05) is 12.1 Å². The topological polar surface area (TPSA) is 53.0 Å². The van der Waals surface area contributed by atoms with Gasteiger partial charge in [-0.2, -0.15) is 12.8 Å². The van der Waals surface area contributed by atoms with Crippen molar-refractivity contribution in [3.8, 4) is 0 Å². The molecule has 6 heteroatoms. The van der Waals surface area contributed by atoms with Crippen LogP contribution in [0, 0.1) is 6.92 Å². The first-order valence-electron chi connectivity index (χ1n) is 11.1. The molecule has 1 atom stereocenters. The standard InChI is InChI=1S/C28H25N3O2S/c1-22-17-19-26(20-18-22)34(32,33)31-28(25-15-9-4-10-16-25)30(21-23-11-5-2-6-12-23)27(29-31)24-13-7-3-8-14-24/h2-20,28H,21H2,1H3. The summed E-state index contributed by atoms with van der Waals surface area (Å²) in [5.41, 5.74) is 3.78. The summed E-state index contributed by atoms with van der Waals surface area (Å²) in [5.74, 6) is 0.619. The van der Waals surface area contributed by atoms with Gasteiger partial charge in [-0.25, -0.2) is 0 Å². The van der Waals surface area contributed by atoms with E-state index in [0.29, 0.717) is 12.4 Å². The van der Waals surface area contributed by atoms with Crippen molar-refractivity contribution in [2.75, 3.05) is 0 Å². The Balaban J connectivity index is 1.68. The molecule has 0 saturated carbocycles.